The van der Waals surface area contributed by atoms with Gasteiger partial charge in [0.25, 0.3) is 0 Å². The molecule has 2 rings (SSSR count). The van der Waals surface area contributed by atoms with Crippen molar-refractivity contribution in [2.45, 2.75) is 63.6 Å². The number of para-hydroxylation sites is 1. The first-order chi connectivity index (χ1) is 10.6. The molecule has 0 aromatic heterocycles. The van der Waals surface area contributed by atoms with Gasteiger partial charge in [0, 0.05) is 6.42 Å². The molecule has 3 N–H and O–H groups in total. The molecule has 1 aromatic rings. The third-order valence-electron chi connectivity index (χ3n) is 4.67. The first-order valence-corrected chi connectivity index (χ1v) is 8.23. The maximum Gasteiger partial charge on any atom is 0.163 e. The van der Waals surface area contributed by atoms with Crippen LogP contribution >= 0.6 is 0 Å². The summed E-state index contributed by atoms with van der Waals surface area (Å²) in [6.45, 7) is 0. The van der Waals surface area contributed by atoms with Crippen LogP contribution in [0.5, 0.6) is 5.75 Å². The van der Waals surface area contributed by atoms with E-state index in [0.29, 0.717) is 24.5 Å². The highest BCUT2D eigenvalue weighted by Gasteiger charge is 2.25. The van der Waals surface area contributed by atoms with E-state index in [1.54, 1.807) is 6.07 Å². The number of ketones is 1. The standard InChI is InChI=1S/C18H26O4/c19-15-7-4-2-6-14(15)11-9-13-5-1-3-8-16(20)18(22)17(21)12-10-13/h2,4,6-7,13,16,18-20,22H,1,3,5,8-12H2. The van der Waals surface area contributed by atoms with E-state index >= 15 is 0 Å². The van der Waals surface area contributed by atoms with Crippen molar-refractivity contribution in [3.8, 4) is 5.75 Å². The van der Waals surface area contributed by atoms with E-state index in [1.165, 1.54) is 0 Å². The van der Waals surface area contributed by atoms with Crippen LogP contribution in [-0.2, 0) is 11.2 Å². The van der Waals surface area contributed by atoms with Gasteiger partial charge < -0.3 is 15.3 Å². The van der Waals surface area contributed by atoms with Gasteiger partial charge in [0.15, 0.2) is 5.78 Å². The predicted molar refractivity (Wildman–Crippen MR) is 84.6 cm³/mol. The maximum atomic E-state index is 11.9. The number of Topliss-reactive ketones (excluding diaryl/α,β-unsaturated/α-hetero) is 1. The number of hydrogen-bond acceptors (Lipinski definition) is 4. The highest BCUT2D eigenvalue weighted by Crippen LogP contribution is 2.26. The van der Waals surface area contributed by atoms with Gasteiger partial charge in [-0.15, -0.1) is 0 Å². The number of aliphatic hydroxyl groups excluding tert-OH is 2. The van der Waals surface area contributed by atoms with Crippen molar-refractivity contribution in [1.82, 2.24) is 0 Å². The summed E-state index contributed by atoms with van der Waals surface area (Å²) in [5.74, 6) is 0.505. The Morgan fingerprint density at radius 3 is 2.55 bits per heavy atom. The predicted octanol–water partition coefficient (Wildman–Crippen LogP) is 2.59. The summed E-state index contributed by atoms with van der Waals surface area (Å²) in [5.41, 5.74) is 0.946. The summed E-state index contributed by atoms with van der Waals surface area (Å²) in [6, 6.07) is 7.36. The zero-order valence-corrected chi connectivity index (χ0v) is 12.9. The number of aromatic hydroxyl groups is 1. The smallest absolute Gasteiger partial charge is 0.163 e. The van der Waals surface area contributed by atoms with Gasteiger partial charge in [-0.3, -0.25) is 4.79 Å². The monoisotopic (exact) mass is 306 g/mol. The van der Waals surface area contributed by atoms with E-state index in [9.17, 15) is 20.1 Å². The largest absolute Gasteiger partial charge is 0.508 e. The topological polar surface area (TPSA) is 77.8 Å². The van der Waals surface area contributed by atoms with E-state index < -0.39 is 12.2 Å². The third-order valence-corrected chi connectivity index (χ3v) is 4.67. The maximum absolute atomic E-state index is 11.9. The van der Waals surface area contributed by atoms with Gasteiger partial charge in [-0.1, -0.05) is 37.5 Å². The fourth-order valence-corrected chi connectivity index (χ4v) is 3.17. The lowest BCUT2D eigenvalue weighted by atomic mass is 9.86. The molecule has 22 heavy (non-hydrogen) atoms. The molecule has 0 bridgehead atoms. The zero-order chi connectivity index (χ0) is 15.9. The molecule has 1 aliphatic carbocycles. The quantitative estimate of drug-likeness (QED) is 0.802. The lowest BCUT2D eigenvalue weighted by Gasteiger charge is -2.22. The molecule has 0 spiro atoms. The van der Waals surface area contributed by atoms with Crippen LogP contribution < -0.4 is 0 Å². The molecule has 1 aromatic carbocycles. The van der Waals surface area contributed by atoms with E-state index in [1.807, 2.05) is 18.2 Å². The molecule has 0 amide bonds. The lowest BCUT2D eigenvalue weighted by molar-refractivity contribution is -0.133. The van der Waals surface area contributed by atoms with Gasteiger partial charge in [-0.05, 0) is 43.2 Å². The molecule has 0 heterocycles. The van der Waals surface area contributed by atoms with Gasteiger partial charge in [0.2, 0.25) is 0 Å². The van der Waals surface area contributed by atoms with Crippen LogP contribution in [0.2, 0.25) is 0 Å². The van der Waals surface area contributed by atoms with E-state index in [2.05, 4.69) is 0 Å². The summed E-state index contributed by atoms with van der Waals surface area (Å²) in [5, 5.41) is 29.3. The normalized spacial score (nSPS) is 27.5. The highest BCUT2D eigenvalue weighted by atomic mass is 16.3. The lowest BCUT2D eigenvalue weighted by Crippen LogP contribution is -2.34. The van der Waals surface area contributed by atoms with Crippen LogP contribution in [0.4, 0.5) is 0 Å². The fraction of sp³-hybridized carbons (Fsp3) is 0.611. The second kappa shape index (κ2) is 8.30. The van der Waals surface area contributed by atoms with Crippen molar-refractivity contribution in [1.29, 1.82) is 0 Å². The Morgan fingerprint density at radius 1 is 1.05 bits per heavy atom. The number of phenols is 1. The second-order valence-corrected chi connectivity index (χ2v) is 6.34. The van der Waals surface area contributed by atoms with E-state index in [0.717, 1.165) is 44.1 Å². The van der Waals surface area contributed by atoms with Crippen molar-refractivity contribution in [2.75, 3.05) is 0 Å². The Kier molecular flexibility index (Phi) is 6.40. The molecule has 1 fully saturated rings. The zero-order valence-electron chi connectivity index (χ0n) is 12.9. The summed E-state index contributed by atoms with van der Waals surface area (Å²) in [4.78, 5) is 11.9. The molecule has 3 unspecified atom stereocenters. The average molecular weight is 306 g/mol. The minimum Gasteiger partial charge on any atom is -0.508 e. The van der Waals surface area contributed by atoms with Crippen LogP contribution in [0.15, 0.2) is 24.3 Å². The number of benzene rings is 1. The number of carbonyl (C=O) groups is 1. The molecular formula is C18H26O4. The van der Waals surface area contributed by atoms with Gasteiger partial charge in [-0.25, -0.2) is 0 Å². The Labute approximate surface area is 131 Å². The molecule has 4 heteroatoms. The number of phenolic OH excluding ortho intramolecular Hbond substituents is 1. The molecule has 3 atom stereocenters. The first kappa shape index (κ1) is 17.0. The van der Waals surface area contributed by atoms with Crippen molar-refractivity contribution in [3.05, 3.63) is 29.8 Å². The van der Waals surface area contributed by atoms with Gasteiger partial charge >= 0.3 is 0 Å². The Hall–Kier alpha value is -1.39. The van der Waals surface area contributed by atoms with Gasteiger partial charge in [0.05, 0.1) is 6.10 Å². The van der Waals surface area contributed by atoms with Crippen LogP contribution in [-0.4, -0.2) is 33.3 Å². The molecule has 0 aliphatic heterocycles. The Morgan fingerprint density at radius 2 is 1.77 bits per heavy atom. The molecule has 0 saturated heterocycles. The van der Waals surface area contributed by atoms with E-state index in [4.69, 9.17) is 0 Å². The minimum atomic E-state index is -1.23. The molecule has 4 nitrogen and oxygen atoms in total. The van der Waals surface area contributed by atoms with Crippen molar-refractivity contribution in [2.24, 2.45) is 5.92 Å². The number of aryl methyl sites for hydroxylation is 1. The van der Waals surface area contributed by atoms with Crippen molar-refractivity contribution >= 4 is 5.78 Å². The molecule has 1 aliphatic rings. The van der Waals surface area contributed by atoms with Crippen LogP contribution in [0.3, 0.4) is 0 Å². The van der Waals surface area contributed by atoms with Crippen LogP contribution in [0.1, 0.15) is 50.5 Å². The summed E-state index contributed by atoms with van der Waals surface area (Å²) < 4.78 is 0. The second-order valence-electron chi connectivity index (χ2n) is 6.34. The fourth-order valence-electron chi connectivity index (χ4n) is 3.17. The number of aliphatic hydroxyl groups is 2. The van der Waals surface area contributed by atoms with Crippen molar-refractivity contribution < 1.29 is 20.1 Å². The van der Waals surface area contributed by atoms with Crippen LogP contribution in [0, 0.1) is 5.92 Å². The Balaban J connectivity index is 1.90. The summed E-state index contributed by atoms with van der Waals surface area (Å²) >= 11 is 0. The summed E-state index contributed by atoms with van der Waals surface area (Å²) in [6.07, 6.45) is 4.02. The number of hydrogen-bond donors (Lipinski definition) is 3. The van der Waals surface area contributed by atoms with Crippen molar-refractivity contribution in [3.63, 3.8) is 0 Å². The molecule has 0 radical (unpaired) electrons. The van der Waals surface area contributed by atoms with Gasteiger partial charge in [-0.2, -0.15) is 0 Å². The first-order valence-electron chi connectivity index (χ1n) is 8.23. The van der Waals surface area contributed by atoms with E-state index in [-0.39, 0.29) is 5.78 Å². The SMILES string of the molecule is O=C1CCC(CCc2ccccc2O)CCCCC(O)C1O. The number of rotatable bonds is 3. The Bertz CT molecular complexity index is 486. The van der Waals surface area contributed by atoms with Crippen LogP contribution in [0.25, 0.3) is 0 Å². The number of carbonyl (C=O) groups excluding carboxylic acids is 1. The molecule has 122 valence electrons. The molecular weight excluding hydrogens is 280 g/mol. The average Bonchev–Trinajstić information content (AvgIpc) is 2.52. The summed E-state index contributed by atoms with van der Waals surface area (Å²) in [7, 11) is 0. The minimum absolute atomic E-state index is 0.248. The highest BCUT2D eigenvalue weighted by molar-refractivity contribution is 5.83. The third kappa shape index (κ3) is 4.82. The van der Waals surface area contributed by atoms with Gasteiger partial charge in [0.1, 0.15) is 11.9 Å². The molecule has 1 saturated carbocycles.